The first-order valence-corrected chi connectivity index (χ1v) is 9.44. The first-order valence-electron chi connectivity index (χ1n) is 9.07. The number of hydrogen-bond acceptors (Lipinski definition) is 4. The minimum Gasteiger partial charge on any atom is -0.452 e. The Labute approximate surface area is 180 Å². The van der Waals surface area contributed by atoms with Crippen LogP contribution in [-0.4, -0.2) is 28.3 Å². The Balaban J connectivity index is 1.67. The van der Waals surface area contributed by atoms with E-state index in [9.17, 15) is 22.8 Å². The Hall–Kier alpha value is -3.33. The molecule has 1 heterocycles. The molecule has 0 saturated heterocycles. The van der Waals surface area contributed by atoms with Crippen molar-refractivity contribution >= 4 is 29.2 Å². The van der Waals surface area contributed by atoms with E-state index in [-0.39, 0.29) is 5.56 Å². The zero-order valence-electron chi connectivity index (χ0n) is 16.5. The summed E-state index contributed by atoms with van der Waals surface area (Å²) in [7, 11) is 0. The zero-order chi connectivity index (χ0) is 22.7. The van der Waals surface area contributed by atoms with E-state index in [2.05, 4.69) is 5.10 Å². The van der Waals surface area contributed by atoms with Crippen LogP contribution in [0.1, 0.15) is 27.3 Å². The molecule has 0 aliphatic heterocycles. The van der Waals surface area contributed by atoms with E-state index in [1.165, 1.54) is 0 Å². The number of rotatable bonds is 6. The number of hydrogen-bond donors (Lipinski definition) is 1. The molecular formula is C21H17ClF3N3O3. The number of anilines is 1. The summed E-state index contributed by atoms with van der Waals surface area (Å²) in [6.45, 7) is 2.86. The van der Waals surface area contributed by atoms with Crippen LogP contribution >= 0.6 is 11.6 Å². The molecule has 0 radical (unpaired) electrons. The van der Waals surface area contributed by atoms with Crippen molar-refractivity contribution in [2.45, 2.75) is 20.4 Å². The van der Waals surface area contributed by atoms with Gasteiger partial charge in [-0.15, -0.1) is 0 Å². The molecule has 162 valence electrons. The van der Waals surface area contributed by atoms with Gasteiger partial charge in [0.1, 0.15) is 5.56 Å². The number of nitrogens with zero attached hydrogens (tertiary/aromatic N) is 2. The Bertz CT molecular complexity index is 1160. The lowest BCUT2D eigenvalue weighted by molar-refractivity contribution is -0.119. The summed E-state index contributed by atoms with van der Waals surface area (Å²) in [5.41, 5.74) is 1.32. The van der Waals surface area contributed by atoms with Crippen LogP contribution in [0.4, 0.5) is 18.9 Å². The van der Waals surface area contributed by atoms with Crippen molar-refractivity contribution in [2.75, 3.05) is 11.9 Å². The second-order valence-corrected chi connectivity index (χ2v) is 7.05. The third kappa shape index (κ3) is 4.88. The third-order valence-corrected chi connectivity index (χ3v) is 4.88. The van der Waals surface area contributed by atoms with Gasteiger partial charge in [-0.3, -0.25) is 9.48 Å². The smallest absolute Gasteiger partial charge is 0.342 e. The average Bonchev–Trinajstić information content (AvgIpc) is 3.01. The predicted octanol–water partition coefficient (Wildman–Crippen LogP) is 4.41. The molecular weight excluding hydrogens is 435 g/mol. The van der Waals surface area contributed by atoms with E-state index in [4.69, 9.17) is 16.3 Å². The first kappa shape index (κ1) is 22.4. The highest BCUT2D eigenvalue weighted by Gasteiger charge is 2.22. The van der Waals surface area contributed by atoms with E-state index in [0.29, 0.717) is 29.0 Å². The SMILES string of the molecule is Cc1nn(Cc2ccccc2Cl)c(C)c1C(=O)OCC(=O)Nc1ccc(F)c(F)c1F. The highest BCUT2D eigenvalue weighted by Crippen LogP contribution is 2.21. The quantitative estimate of drug-likeness (QED) is 0.445. The molecule has 0 aliphatic rings. The van der Waals surface area contributed by atoms with Crippen molar-refractivity contribution in [2.24, 2.45) is 0 Å². The van der Waals surface area contributed by atoms with Gasteiger partial charge in [0.15, 0.2) is 24.1 Å². The standard InChI is InChI=1S/C21H17ClF3N3O3/c1-11-18(12(2)28(27-11)9-13-5-3-4-6-14(13)22)21(30)31-10-17(29)26-16-8-7-15(23)19(24)20(16)25/h3-8H,9-10H2,1-2H3,(H,26,29). The second kappa shape index (κ2) is 9.22. The lowest BCUT2D eigenvalue weighted by atomic mass is 10.2. The fraction of sp³-hybridized carbons (Fsp3) is 0.190. The van der Waals surface area contributed by atoms with Crippen molar-refractivity contribution in [3.8, 4) is 0 Å². The van der Waals surface area contributed by atoms with Crippen LogP contribution in [0.15, 0.2) is 36.4 Å². The molecule has 6 nitrogen and oxygen atoms in total. The van der Waals surface area contributed by atoms with E-state index < -0.39 is 41.6 Å². The number of halogens is 4. The van der Waals surface area contributed by atoms with Gasteiger partial charge in [-0.05, 0) is 37.6 Å². The summed E-state index contributed by atoms with van der Waals surface area (Å²) in [6, 6.07) is 8.73. The van der Waals surface area contributed by atoms with Crippen LogP contribution < -0.4 is 5.32 Å². The molecule has 3 aromatic rings. The minimum absolute atomic E-state index is 0.180. The molecule has 0 spiro atoms. The highest BCUT2D eigenvalue weighted by molar-refractivity contribution is 6.31. The maximum atomic E-state index is 13.6. The van der Waals surface area contributed by atoms with Gasteiger partial charge in [-0.1, -0.05) is 29.8 Å². The van der Waals surface area contributed by atoms with Crippen molar-refractivity contribution < 1.29 is 27.5 Å². The molecule has 1 amide bonds. The number of benzene rings is 2. The van der Waals surface area contributed by atoms with Crippen LogP contribution in [-0.2, 0) is 16.1 Å². The minimum atomic E-state index is -1.72. The van der Waals surface area contributed by atoms with Crippen molar-refractivity contribution in [3.05, 3.63) is 81.4 Å². The fourth-order valence-corrected chi connectivity index (χ4v) is 3.14. The summed E-state index contributed by atoms with van der Waals surface area (Å²) in [4.78, 5) is 24.4. The second-order valence-electron chi connectivity index (χ2n) is 6.64. The Morgan fingerprint density at radius 1 is 1.10 bits per heavy atom. The van der Waals surface area contributed by atoms with Crippen molar-refractivity contribution in [3.63, 3.8) is 0 Å². The molecule has 0 atom stereocenters. The topological polar surface area (TPSA) is 73.2 Å². The van der Waals surface area contributed by atoms with Crippen LogP contribution in [0.5, 0.6) is 0 Å². The summed E-state index contributed by atoms with van der Waals surface area (Å²) >= 11 is 6.17. The molecule has 0 aliphatic carbocycles. The molecule has 10 heteroatoms. The fourth-order valence-electron chi connectivity index (χ4n) is 2.95. The van der Waals surface area contributed by atoms with E-state index >= 15 is 0 Å². The number of ether oxygens (including phenoxy) is 1. The van der Waals surface area contributed by atoms with Gasteiger partial charge in [0, 0.05) is 5.02 Å². The predicted molar refractivity (Wildman–Crippen MR) is 107 cm³/mol. The number of aryl methyl sites for hydroxylation is 1. The molecule has 3 rings (SSSR count). The Kier molecular flexibility index (Phi) is 6.65. The molecule has 0 fully saturated rings. The summed E-state index contributed by atoms with van der Waals surface area (Å²) < 4.78 is 46.4. The number of amides is 1. The summed E-state index contributed by atoms with van der Waals surface area (Å²) in [6.07, 6.45) is 0. The number of nitrogens with one attached hydrogen (secondary N) is 1. The van der Waals surface area contributed by atoms with Crippen LogP contribution in [0.2, 0.25) is 5.02 Å². The van der Waals surface area contributed by atoms with Crippen LogP contribution in [0.3, 0.4) is 0 Å². The summed E-state index contributed by atoms with van der Waals surface area (Å²) in [5.74, 6) is -6.38. The van der Waals surface area contributed by atoms with Gasteiger partial charge in [-0.2, -0.15) is 5.10 Å². The Morgan fingerprint density at radius 3 is 2.52 bits per heavy atom. The number of esters is 1. The normalized spacial score (nSPS) is 10.8. The molecule has 1 N–H and O–H groups in total. The Morgan fingerprint density at radius 2 is 1.81 bits per heavy atom. The maximum absolute atomic E-state index is 13.6. The largest absolute Gasteiger partial charge is 0.452 e. The maximum Gasteiger partial charge on any atom is 0.342 e. The van der Waals surface area contributed by atoms with Gasteiger partial charge in [0.25, 0.3) is 5.91 Å². The van der Waals surface area contributed by atoms with Gasteiger partial charge >= 0.3 is 5.97 Å². The average molecular weight is 452 g/mol. The number of carbonyl (C=O) groups excluding carboxylic acids is 2. The van der Waals surface area contributed by atoms with Crippen LogP contribution in [0.25, 0.3) is 0 Å². The molecule has 0 bridgehead atoms. The highest BCUT2D eigenvalue weighted by atomic mass is 35.5. The van der Waals surface area contributed by atoms with Gasteiger partial charge in [0.2, 0.25) is 0 Å². The first-order chi connectivity index (χ1) is 14.7. The lowest BCUT2D eigenvalue weighted by Gasteiger charge is -2.09. The zero-order valence-corrected chi connectivity index (χ0v) is 17.3. The van der Waals surface area contributed by atoms with E-state index in [1.807, 2.05) is 17.4 Å². The molecule has 0 saturated carbocycles. The van der Waals surface area contributed by atoms with Crippen LogP contribution in [0, 0.1) is 31.3 Å². The lowest BCUT2D eigenvalue weighted by Crippen LogP contribution is -2.22. The third-order valence-electron chi connectivity index (χ3n) is 4.51. The van der Waals surface area contributed by atoms with Crippen molar-refractivity contribution in [1.82, 2.24) is 9.78 Å². The monoisotopic (exact) mass is 451 g/mol. The summed E-state index contributed by atoms with van der Waals surface area (Å²) in [5, 5.41) is 6.90. The number of aromatic nitrogens is 2. The van der Waals surface area contributed by atoms with Gasteiger partial charge in [0.05, 0.1) is 23.6 Å². The van der Waals surface area contributed by atoms with Gasteiger partial charge in [-0.25, -0.2) is 18.0 Å². The number of carbonyl (C=O) groups is 2. The molecule has 31 heavy (non-hydrogen) atoms. The molecule has 0 unspecified atom stereocenters. The molecule has 1 aromatic heterocycles. The molecule has 2 aromatic carbocycles. The van der Waals surface area contributed by atoms with E-state index in [1.54, 1.807) is 30.7 Å². The van der Waals surface area contributed by atoms with E-state index in [0.717, 1.165) is 11.6 Å². The van der Waals surface area contributed by atoms with Crippen molar-refractivity contribution in [1.29, 1.82) is 0 Å². The van der Waals surface area contributed by atoms with Gasteiger partial charge < -0.3 is 10.1 Å².